The van der Waals surface area contributed by atoms with Crippen LogP contribution in [-0.2, 0) is 38.8 Å². The highest BCUT2D eigenvalue weighted by atomic mass is 16.6. The molecule has 32 heavy (non-hydrogen) atoms. The van der Waals surface area contributed by atoms with Crippen LogP contribution in [0, 0.1) is 0 Å². The summed E-state index contributed by atoms with van der Waals surface area (Å²) in [6.07, 6.45) is 0.421. The molecule has 0 N–H and O–H groups in total. The first-order valence-corrected chi connectivity index (χ1v) is 11.4. The highest BCUT2D eigenvalue weighted by Crippen LogP contribution is 2.27. The van der Waals surface area contributed by atoms with Crippen molar-refractivity contribution in [2.75, 3.05) is 6.61 Å². The van der Waals surface area contributed by atoms with Gasteiger partial charge in [0.2, 0.25) is 0 Å². The van der Waals surface area contributed by atoms with Crippen molar-refractivity contribution in [3.63, 3.8) is 0 Å². The fraction of sp³-hybridized carbons (Fsp3) is 0.357. The third kappa shape index (κ3) is 6.75. The van der Waals surface area contributed by atoms with Crippen LogP contribution < -0.4 is 0 Å². The third-order valence-corrected chi connectivity index (χ3v) is 5.69. The average molecular weight is 433 g/mol. The van der Waals surface area contributed by atoms with Crippen molar-refractivity contribution in [3.05, 3.63) is 108 Å². The van der Waals surface area contributed by atoms with E-state index in [9.17, 15) is 0 Å². The number of hydrogen-bond donors (Lipinski definition) is 0. The lowest BCUT2D eigenvalue weighted by atomic mass is 9.98. The van der Waals surface area contributed by atoms with E-state index in [0.717, 1.165) is 23.1 Å². The molecule has 1 aliphatic heterocycles. The van der Waals surface area contributed by atoms with Crippen LogP contribution in [-0.4, -0.2) is 31.0 Å². The molecule has 0 aliphatic carbocycles. The van der Waals surface area contributed by atoms with Crippen molar-refractivity contribution < 1.29 is 18.9 Å². The molecule has 0 amide bonds. The maximum atomic E-state index is 6.40. The number of benzene rings is 3. The van der Waals surface area contributed by atoms with Crippen molar-refractivity contribution >= 4 is 0 Å². The van der Waals surface area contributed by atoms with Gasteiger partial charge in [-0.05, 0) is 23.6 Å². The van der Waals surface area contributed by atoms with E-state index < -0.39 is 0 Å². The van der Waals surface area contributed by atoms with Gasteiger partial charge in [-0.1, -0.05) is 91.0 Å². The van der Waals surface area contributed by atoms with E-state index in [1.165, 1.54) is 0 Å². The molecule has 168 valence electrons. The lowest BCUT2D eigenvalue weighted by Crippen LogP contribution is -2.51. The van der Waals surface area contributed by atoms with Crippen LogP contribution in [0.15, 0.2) is 91.0 Å². The van der Waals surface area contributed by atoms with E-state index in [0.29, 0.717) is 26.4 Å². The first kappa shape index (κ1) is 22.7. The van der Waals surface area contributed by atoms with E-state index in [-0.39, 0.29) is 24.4 Å². The van der Waals surface area contributed by atoms with Crippen LogP contribution in [0.4, 0.5) is 0 Å². The van der Waals surface area contributed by atoms with Crippen LogP contribution in [0.3, 0.4) is 0 Å². The van der Waals surface area contributed by atoms with Gasteiger partial charge in [-0.15, -0.1) is 0 Å². The Morgan fingerprint density at radius 3 is 1.75 bits per heavy atom. The van der Waals surface area contributed by atoms with Gasteiger partial charge >= 0.3 is 0 Å². The first-order valence-electron chi connectivity index (χ1n) is 11.4. The van der Waals surface area contributed by atoms with Crippen molar-refractivity contribution in [1.29, 1.82) is 0 Å². The standard InChI is InChI=1S/C28H32O4/c1-22-17-26(30-19-24-13-7-3-8-14-24)28(31-20-25-15-9-4-10-16-25)27(32-22)21-29-18-23-11-5-2-6-12-23/h2-16,22,26-28H,17-21H2,1H3/t22-,26+,27?,28?/m0/s1. The summed E-state index contributed by atoms with van der Waals surface area (Å²) < 4.78 is 25.1. The van der Waals surface area contributed by atoms with Gasteiger partial charge < -0.3 is 18.9 Å². The monoisotopic (exact) mass is 432 g/mol. The Morgan fingerprint density at radius 2 is 1.19 bits per heavy atom. The Kier molecular flexibility index (Phi) is 8.46. The molecule has 0 spiro atoms. The zero-order valence-electron chi connectivity index (χ0n) is 18.6. The predicted octanol–water partition coefficient (Wildman–Crippen LogP) is 5.55. The molecule has 4 rings (SSSR count). The summed E-state index contributed by atoms with van der Waals surface area (Å²) in [5.74, 6) is 0. The summed E-state index contributed by atoms with van der Waals surface area (Å²) in [5.41, 5.74) is 3.44. The van der Waals surface area contributed by atoms with Gasteiger partial charge in [0.15, 0.2) is 0 Å². The van der Waals surface area contributed by atoms with Crippen LogP contribution in [0.25, 0.3) is 0 Å². The van der Waals surface area contributed by atoms with Crippen molar-refractivity contribution in [3.8, 4) is 0 Å². The van der Waals surface area contributed by atoms with E-state index in [1.54, 1.807) is 0 Å². The molecule has 4 atom stereocenters. The van der Waals surface area contributed by atoms with Crippen LogP contribution >= 0.6 is 0 Å². The largest absolute Gasteiger partial charge is 0.374 e. The molecule has 4 heteroatoms. The fourth-order valence-corrected chi connectivity index (χ4v) is 4.06. The minimum Gasteiger partial charge on any atom is -0.374 e. The van der Waals surface area contributed by atoms with E-state index in [4.69, 9.17) is 18.9 Å². The molecule has 1 saturated heterocycles. The summed E-state index contributed by atoms with van der Waals surface area (Å²) >= 11 is 0. The summed E-state index contributed by atoms with van der Waals surface area (Å²) in [6.45, 7) is 4.18. The molecule has 3 aromatic carbocycles. The lowest BCUT2D eigenvalue weighted by Gasteiger charge is -2.40. The summed E-state index contributed by atoms with van der Waals surface area (Å²) in [5, 5.41) is 0. The van der Waals surface area contributed by atoms with E-state index >= 15 is 0 Å². The van der Waals surface area contributed by atoms with Crippen molar-refractivity contribution in [1.82, 2.24) is 0 Å². The van der Waals surface area contributed by atoms with Crippen LogP contribution in [0.2, 0.25) is 0 Å². The number of hydrogen-bond acceptors (Lipinski definition) is 4. The lowest BCUT2D eigenvalue weighted by molar-refractivity contribution is -0.217. The van der Waals surface area contributed by atoms with Gasteiger partial charge in [-0.2, -0.15) is 0 Å². The molecule has 0 radical (unpaired) electrons. The summed E-state index contributed by atoms with van der Waals surface area (Å²) in [7, 11) is 0. The van der Waals surface area contributed by atoms with Gasteiger partial charge in [-0.3, -0.25) is 0 Å². The molecule has 3 aromatic rings. The second kappa shape index (κ2) is 11.9. The Balaban J connectivity index is 1.42. The molecule has 1 aliphatic rings. The second-order valence-electron chi connectivity index (χ2n) is 8.32. The minimum absolute atomic E-state index is 0.0620. The van der Waals surface area contributed by atoms with Gasteiger partial charge in [0, 0.05) is 6.42 Å². The predicted molar refractivity (Wildman–Crippen MR) is 125 cm³/mol. The highest BCUT2D eigenvalue weighted by Gasteiger charge is 2.39. The summed E-state index contributed by atoms with van der Waals surface area (Å²) in [4.78, 5) is 0. The van der Waals surface area contributed by atoms with Gasteiger partial charge in [0.25, 0.3) is 0 Å². The van der Waals surface area contributed by atoms with Crippen LogP contribution in [0.5, 0.6) is 0 Å². The molecule has 0 saturated carbocycles. The minimum atomic E-state index is -0.203. The Morgan fingerprint density at radius 1 is 0.688 bits per heavy atom. The zero-order chi connectivity index (χ0) is 22.0. The Labute approximate surface area is 191 Å². The fourth-order valence-electron chi connectivity index (χ4n) is 4.06. The van der Waals surface area contributed by atoms with Crippen molar-refractivity contribution in [2.24, 2.45) is 0 Å². The Hall–Kier alpha value is -2.50. The SMILES string of the molecule is C[C@H]1C[C@@H](OCc2ccccc2)C(OCc2ccccc2)C(COCc2ccccc2)O1. The van der Waals surface area contributed by atoms with Crippen molar-refractivity contribution in [2.45, 2.75) is 57.6 Å². The molecule has 0 aromatic heterocycles. The second-order valence-corrected chi connectivity index (χ2v) is 8.32. The molecule has 0 bridgehead atoms. The Bertz CT molecular complexity index is 900. The number of ether oxygens (including phenoxy) is 4. The van der Waals surface area contributed by atoms with Gasteiger partial charge in [0.05, 0.1) is 38.6 Å². The van der Waals surface area contributed by atoms with Gasteiger partial charge in [-0.25, -0.2) is 0 Å². The quantitative estimate of drug-likeness (QED) is 0.421. The molecule has 4 nitrogen and oxygen atoms in total. The molecule has 1 heterocycles. The maximum absolute atomic E-state index is 6.40. The average Bonchev–Trinajstić information content (AvgIpc) is 2.84. The molecular formula is C28H32O4. The van der Waals surface area contributed by atoms with E-state index in [2.05, 4.69) is 43.3 Å². The molecular weight excluding hydrogens is 400 g/mol. The zero-order valence-corrected chi connectivity index (χ0v) is 18.6. The smallest absolute Gasteiger partial charge is 0.113 e. The topological polar surface area (TPSA) is 36.9 Å². The molecule has 2 unspecified atom stereocenters. The molecule has 1 fully saturated rings. The maximum Gasteiger partial charge on any atom is 0.113 e. The normalized spacial score (nSPS) is 23.2. The first-order chi connectivity index (χ1) is 15.8. The van der Waals surface area contributed by atoms with Crippen LogP contribution in [0.1, 0.15) is 30.0 Å². The summed E-state index contributed by atoms with van der Waals surface area (Å²) in [6, 6.07) is 30.7. The van der Waals surface area contributed by atoms with Gasteiger partial charge in [0.1, 0.15) is 12.2 Å². The highest BCUT2D eigenvalue weighted by molar-refractivity contribution is 5.15. The number of rotatable bonds is 10. The van der Waals surface area contributed by atoms with E-state index in [1.807, 2.05) is 54.6 Å². The third-order valence-electron chi connectivity index (χ3n) is 5.69.